The molecule has 0 atom stereocenters. The molecular weight excluding hydrogens is 394 g/mol. The molecule has 3 rings (SSSR count). The number of nitrogens with zero attached hydrogens (tertiary/aromatic N) is 2. The van der Waals surface area contributed by atoms with Crippen LogP contribution in [0.2, 0.25) is 0 Å². The van der Waals surface area contributed by atoms with Crippen LogP contribution >= 0.6 is 11.3 Å². The molecule has 2 aromatic carbocycles. The summed E-state index contributed by atoms with van der Waals surface area (Å²) in [7, 11) is -2.13. The van der Waals surface area contributed by atoms with Crippen LogP contribution in [0.25, 0.3) is 10.2 Å². The number of ether oxygens (including phenoxy) is 2. The lowest BCUT2D eigenvalue weighted by atomic mass is 10.3. The zero-order valence-electron chi connectivity index (χ0n) is 14.1. The third kappa shape index (κ3) is 4.83. The van der Waals surface area contributed by atoms with E-state index in [-0.39, 0.29) is 23.2 Å². The molecule has 0 aliphatic rings. The maximum atomic E-state index is 12.2. The standard InChI is InChI=1S/C16H15N3O6S2/c1-24-12-3-5-13(6-4-12)25-8-9-27(22,23)18-16-17-14-7-2-11(19(20)21)10-15(14)26-16/h2-7,10H,8-9H2,1H3,(H,17,18). The second kappa shape index (κ2) is 7.76. The van der Waals surface area contributed by atoms with Crippen molar-refractivity contribution in [2.24, 2.45) is 0 Å². The van der Waals surface area contributed by atoms with Crippen molar-refractivity contribution < 1.29 is 22.8 Å². The number of nitrogens with one attached hydrogen (secondary N) is 1. The molecule has 0 aliphatic carbocycles. The van der Waals surface area contributed by atoms with Gasteiger partial charge in [-0.1, -0.05) is 11.3 Å². The fourth-order valence-electron chi connectivity index (χ4n) is 2.20. The Morgan fingerprint density at radius 2 is 1.89 bits per heavy atom. The molecule has 0 saturated heterocycles. The second-order valence-corrected chi connectivity index (χ2v) is 8.25. The predicted molar refractivity (Wildman–Crippen MR) is 102 cm³/mol. The van der Waals surface area contributed by atoms with Crippen LogP contribution in [0.3, 0.4) is 0 Å². The van der Waals surface area contributed by atoms with Gasteiger partial charge in [0.25, 0.3) is 5.69 Å². The van der Waals surface area contributed by atoms with Crippen molar-refractivity contribution in [2.75, 3.05) is 24.2 Å². The number of rotatable bonds is 8. The normalized spacial score (nSPS) is 11.3. The second-order valence-electron chi connectivity index (χ2n) is 5.37. The number of sulfonamides is 1. The number of aromatic nitrogens is 1. The molecule has 0 amide bonds. The zero-order valence-corrected chi connectivity index (χ0v) is 15.7. The van der Waals surface area contributed by atoms with Crippen LogP contribution in [0.4, 0.5) is 10.8 Å². The van der Waals surface area contributed by atoms with Gasteiger partial charge < -0.3 is 9.47 Å². The van der Waals surface area contributed by atoms with Gasteiger partial charge in [0.2, 0.25) is 10.0 Å². The molecule has 0 fully saturated rings. The van der Waals surface area contributed by atoms with Gasteiger partial charge in [0.05, 0.1) is 22.2 Å². The van der Waals surface area contributed by atoms with Crippen LogP contribution in [-0.4, -0.2) is 37.8 Å². The van der Waals surface area contributed by atoms with Crippen LogP contribution in [0.1, 0.15) is 0 Å². The lowest BCUT2D eigenvalue weighted by Gasteiger charge is -2.08. The first-order chi connectivity index (χ1) is 12.9. The first kappa shape index (κ1) is 18.9. The maximum Gasteiger partial charge on any atom is 0.270 e. The Morgan fingerprint density at radius 1 is 1.19 bits per heavy atom. The molecule has 0 saturated carbocycles. The Bertz CT molecular complexity index is 1060. The fourth-order valence-corrected chi connectivity index (χ4v) is 4.21. The Kier molecular flexibility index (Phi) is 5.42. The number of nitro groups is 1. The molecule has 1 aromatic heterocycles. The lowest BCUT2D eigenvalue weighted by molar-refractivity contribution is -0.384. The summed E-state index contributed by atoms with van der Waals surface area (Å²) in [5.74, 6) is 0.931. The highest BCUT2D eigenvalue weighted by Gasteiger charge is 2.15. The molecule has 3 aromatic rings. The van der Waals surface area contributed by atoms with E-state index in [1.54, 1.807) is 31.4 Å². The summed E-state index contributed by atoms with van der Waals surface area (Å²) >= 11 is 1.03. The van der Waals surface area contributed by atoms with Crippen molar-refractivity contribution in [2.45, 2.75) is 0 Å². The van der Waals surface area contributed by atoms with Gasteiger partial charge in [-0.15, -0.1) is 0 Å². The van der Waals surface area contributed by atoms with Gasteiger partial charge in [0.15, 0.2) is 5.13 Å². The number of fused-ring (bicyclic) bond motifs is 1. The van der Waals surface area contributed by atoms with Crippen LogP contribution in [0.5, 0.6) is 11.5 Å². The van der Waals surface area contributed by atoms with Crippen molar-refractivity contribution in [3.05, 3.63) is 52.6 Å². The van der Waals surface area contributed by atoms with Crippen molar-refractivity contribution in [3.8, 4) is 11.5 Å². The highest BCUT2D eigenvalue weighted by Crippen LogP contribution is 2.29. The molecule has 0 bridgehead atoms. The van der Waals surface area contributed by atoms with Crippen LogP contribution in [0, 0.1) is 10.1 Å². The number of hydrogen-bond donors (Lipinski definition) is 1. The highest BCUT2D eigenvalue weighted by molar-refractivity contribution is 7.92. The van der Waals surface area contributed by atoms with E-state index in [2.05, 4.69) is 9.71 Å². The molecule has 0 radical (unpaired) electrons. The molecule has 142 valence electrons. The average molecular weight is 409 g/mol. The third-order valence-corrected chi connectivity index (χ3v) is 5.78. The largest absolute Gasteiger partial charge is 0.497 e. The van der Waals surface area contributed by atoms with Crippen LogP contribution in [0.15, 0.2) is 42.5 Å². The van der Waals surface area contributed by atoms with Crippen LogP contribution < -0.4 is 14.2 Å². The van der Waals surface area contributed by atoms with E-state index in [0.29, 0.717) is 21.7 Å². The highest BCUT2D eigenvalue weighted by atomic mass is 32.2. The molecule has 9 nitrogen and oxygen atoms in total. The summed E-state index contributed by atoms with van der Waals surface area (Å²) in [6.45, 7) is -0.0436. The van der Waals surface area contributed by atoms with Gasteiger partial charge in [-0.25, -0.2) is 13.4 Å². The number of hydrogen-bond acceptors (Lipinski definition) is 8. The zero-order chi connectivity index (χ0) is 19.4. The number of nitro benzene ring substituents is 1. The van der Waals surface area contributed by atoms with Crippen molar-refractivity contribution >= 4 is 42.4 Å². The van der Waals surface area contributed by atoms with E-state index in [4.69, 9.17) is 9.47 Å². The smallest absolute Gasteiger partial charge is 0.270 e. The Balaban J connectivity index is 1.61. The number of benzene rings is 2. The number of methoxy groups -OCH3 is 1. The Morgan fingerprint density at radius 3 is 2.56 bits per heavy atom. The predicted octanol–water partition coefficient (Wildman–Crippen LogP) is 3.03. The van der Waals surface area contributed by atoms with Crippen molar-refractivity contribution in [3.63, 3.8) is 0 Å². The fraction of sp³-hybridized carbons (Fsp3) is 0.188. The van der Waals surface area contributed by atoms with Crippen molar-refractivity contribution in [1.82, 2.24) is 4.98 Å². The lowest BCUT2D eigenvalue weighted by Crippen LogP contribution is -2.21. The van der Waals surface area contributed by atoms with Gasteiger partial charge in [-0.3, -0.25) is 14.8 Å². The minimum Gasteiger partial charge on any atom is -0.497 e. The SMILES string of the molecule is COc1ccc(OCCS(=O)(=O)Nc2nc3ccc([N+](=O)[O-])cc3s2)cc1. The molecule has 11 heteroatoms. The number of non-ortho nitro benzene ring substituents is 1. The molecule has 1 heterocycles. The minimum atomic E-state index is -3.68. The summed E-state index contributed by atoms with van der Waals surface area (Å²) in [6, 6.07) is 10.9. The Labute approximate surface area is 158 Å². The van der Waals surface area contributed by atoms with E-state index in [1.165, 1.54) is 18.2 Å². The van der Waals surface area contributed by atoms with Gasteiger partial charge in [-0.2, -0.15) is 0 Å². The number of anilines is 1. The van der Waals surface area contributed by atoms with Gasteiger partial charge in [0, 0.05) is 12.1 Å². The van der Waals surface area contributed by atoms with Gasteiger partial charge in [0.1, 0.15) is 23.9 Å². The van der Waals surface area contributed by atoms with Crippen molar-refractivity contribution in [1.29, 1.82) is 0 Å². The molecule has 0 aliphatic heterocycles. The molecular formula is C16H15N3O6S2. The average Bonchev–Trinajstić information content (AvgIpc) is 3.02. The quantitative estimate of drug-likeness (QED) is 0.448. The monoisotopic (exact) mass is 409 g/mol. The third-order valence-electron chi connectivity index (χ3n) is 3.51. The summed E-state index contributed by atoms with van der Waals surface area (Å²) in [5.41, 5.74) is 0.409. The van der Waals surface area contributed by atoms with Gasteiger partial charge >= 0.3 is 0 Å². The Hall–Kier alpha value is -2.92. The van der Waals surface area contributed by atoms with E-state index in [1.807, 2.05) is 0 Å². The molecule has 0 unspecified atom stereocenters. The molecule has 0 spiro atoms. The molecule has 27 heavy (non-hydrogen) atoms. The summed E-state index contributed by atoms with van der Waals surface area (Å²) in [5, 5.41) is 11.0. The van der Waals surface area contributed by atoms with Crippen LogP contribution in [-0.2, 0) is 10.0 Å². The molecule has 1 N–H and O–H groups in total. The minimum absolute atomic E-state index is 0.0436. The topological polar surface area (TPSA) is 121 Å². The van der Waals surface area contributed by atoms with E-state index in [0.717, 1.165) is 11.3 Å². The first-order valence-corrected chi connectivity index (χ1v) is 10.2. The first-order valence-electron chi connectivity index (χ1n) is 7.68. The van der Waals surface area contributed by atoms with Gasteiger partial charge in [-0.05, 0) is 30.3 Å². The van der Waals surface area contributed by atoms with E-state index < -0.39 is 14.9 Å². The summed E-state index contributed by atoms with van der Waals surface area (Å²) in [6.07, 6.45) is 0. The van der Waals surface area contributed by atoms with E-state index >= 15 is 0 Å². The maximum absolute atomic E-state index is 12.2. The number of thiazole rings is 1. The summed E-state index contributed by atoms with van der Waals surface area (Å²) < 4.78 is 37.7. The summed E-state index contributed by atoms with van der Waals surface area (Å²) in [4.78, 5) is 14.4. The van der Waals surface area contributed by atoms with E-state index in [9.17, 15) is 18.5 Å².